The van der Waals surface area contributed by atoms with Crippen LogP contribution in [0, 0.1) is 5.82 Å². The minimum Gasteiger partial charge on any atom is -0.480 e. The van der Waals surface area contributed by atoms with Crippen molar-refractivity contribution < 1.29 is 23.5 Å². The second kappa shape index (κ2) is 6.37. The minimum atomic E-state index is -1.13. The number of hydrogen-bond acceptors (Lipinski definition) is 4. The maximum atomic E-state index is 13.1. The van der Waals surface area contributed by atoms with Gasteiger partial charge in [0.2, 0.25) is 5.78 Å². The summed E-state index contributed by atoms with van der Waals surface area (Å²) in [4.78, 5) is 37.0. The van der Waals surface area contributed by atoms with E-state index in [0.717, 1.165) is 0 Å². The molecule has 0 radical (unpaired) electrons. The topological polar surface area (TPSA) is 72.5 Å². The number of ether oxygens (including phenoxy) is 1. The average Bonchev–Trinajstić information content (AvgIpc) is 2.58. The van der Waals surface area contributed by atoms with E-state index in [0.29, 0.717) is 16.9 Å². The van der Waals surface area contributed by atoms with E-state index in [1.54, 1.807) is 32.0 Å². The highest BCUT2D eigenvalue weighted by Gasteiger charge is 2.43. The molecular weight excluding hydrogens is 337 g/mol. The van der Waals surface area contributed by atoms with Crippen molar-refractivity contribution in [1.82, 2.24) is 5.32 Å². The molecule has 5 nitrogen and oxygen atoms in total. The Bertz CT molecular complexity index is 903. The second-order valence-electron chi connectivity index (χ2n) is 6.70. The standard InChI is InChI=1S/C20H18FNO4/c1-11(23)13-6-9-16-15(10-13)17(18(24)20(2,3)26-16)22-19(25)12-4-7-14(21)8-5-12/h4-10,17H,1-3H3,(H,22,25). The molecule has 3 rings (SSSR count). The van der Waals surface area contributed by atoms with Crippen LogP contribution in [0.25, 0.3) is 0 Å². The van der Waals surface area contributed by atoms with Crippen molar-refractivity contribution in [3.05, 3.63) is 65.0 Å². The maximum absolute atomic E-state index is 13.1. The maximum Gasteiger partial charge on any atom is 0.252 e. The highest BCUT2D eigenvalue weighted by Crippen LogP contribution is 2.38. The summed E-state index contributed by atoms with van der Waals surface area (Å²) in [6.07, 6.45) is 0. The fourth-order valence-electron chi connectivity index (χ4n) is 2.86. The van der Waals surface area contributed by atoms with Crippen molar-refractivity contribution in [2.45, 2.75) is 32.4 Å². The largest absolute Gasteiger partial charge is 0.480 e. The van der Waals surface area contributed by atoms with Crippen LogP contribution in [0.3, 0.4) is 0 Å². The van der Waals surface area contributed by atoms with Crippen LogP contribution < -0.4 is 10.1 Å². The molecule has 1 unspecified atom stereocenters. The Morgan fingerprint density at radius 2 is 1.69 bits per heavy atom. The third kappa shape index (κ3) is 3.22. The molecule has 2 aromatic carbocycles. The summed E-state index contributed by atoms with van der Waals surface area (Å²) in [7, 11) is 0. The van der Waals surface area contributed by atoms with E-state index in [1.165, 1.54) is 31.2 Å². The quantitative estimate of drug-likeness (QED) is 0.858. The first-order valence-electron chi connectivity index (χ1n) is 8.14. The molecule has 0 saturated heterocycles. The predicted octanol–water partition coefficient (Wildman–Crippen LogP) is 3.24. The summed E-state index contributed by atoms with van der Waals surface area (Å²) >= 11 is 0. The van der Waals surface area contributed by atoms with Gasteiger partial charge in [-0.3, -0.25) is 14.4 Å². The van der Waals surface area contributed by atoms with Gasteiger partial charge in [0.1, 0.15) is 17.6 Å². The van der Waals surface area contributed by atoms with Crippen LogP contribution in [0.1, 0.15) is 53.1 Å². The van der Waals surface area contributed by atoms with Gasteiger partial charge in [-0.25, -0.2) is 4.39 Å². The van der Waals surface area contributed by atoms with Crippen molar-refractivity contribution in [3.8, 4) is 5.75 Å². The Kier molecular flexibility index (Phi) is 4.36. The highest BCUT2D eigenvalue weighted by molar-refractivity contribution is 6.02. The fourth-order valence-corrected chi connectivity index (χ4v) is 2.86. The molecule has 0 bridgehead atoms. The summed E-state index contributed by atoms with van der Waals surface area (Å²) < 4.78 is 18.8. The number of halogens is 1. The highest BCUT2D eigenvalue weighted by atomic mass is 19.1. The molecule has 1 heterocycles. The van der Waals surface area contributed by atoms with Crippen LogP contribution in [0.2, 0.25) is 0 Å². The molecule has 0 saturated carbocycles. The first kappa shape index (κ1) is 17.8. The number of carbonyl (C=O) groups excluding carboxylic acids is 3. The van der Waals surface area contributed by atoms with Crippen LogP contribution in [-0.4, -0.2) is 23.1 Å². The molecule has 0 spiro atoms. The number of ketones is 2. The van der Waals surface area contributed by atoms with Crippen molar-refractivity contribution in [2.24, 2.45) is 0 Å². The molecule has 134 valence electrons. The first-order chi connectivity index (χ1) is 12.2. The molecule has 1 N–H and O–H groups in total. The molecule has 0 aromatic heterocycles. The Morgan fingerprint density at radius 3 is 2.31 bits per heavy atom. The van der Waals surface area contributed by atoms with E-state index >= 15 is 0 Å². The number of carbonyl (C=O) groups is 3. The minimum absolute atomic E-state index is 0.159. The van der Waals surface area contributed by atoms with Crippen LogP contribution in [-0.2, 0) is 4.79 Å². The summed E-state index contributed by atoms with van der Waals surface area (Å²) in [5, 5.41) is 2.68. The zero-order valence-corrected chi connectivity index (χ0v) is 14.6. The van der Waals surface area contributed by atoms with Crippen LogP contribution >= 0.6 is 0 Å². The van der Waals surface area contributed by atoms with E-state index in [4.69, 9.17) is 4.74 Å². The Labute approximate surface area is 150 Å². The lowest BCUT2D eigenvalue weighted by Crippen LogP contribution is -2.50. The molecular formula is C20H18FNO4. The second-order valence-corrected chi connectivity index (χ2v) is 6.70. The lowest BCUT2D eigenvalue weighted by atomic mass is 9.87. The molecule has 0 aliphatic carbocycles. The lowest BCUT2D eigenvalue weighted by molar-refractivity contribution is -0.136. The smallest absolute Gasteiger partial charge is 0.252 e. The molecule has 6 heteroatoms. The summed E-state index contributed by atoms with van der Waals surface area (Å²) in [6, 6.07) is 8.85. The van der Waals surface area contributed by atoms with E-state index < -0.39 is 23.4 Å². The Balaban J connectivity index is 2.00. The van der Waals surface area contributed by atoms with Crippen molar-refractivity contribution in [2.75, 3.05) is 0 Å². The summed E-state index contributed by atoms with van der Waals surface area (Å²) in [5.41, 5.74) is -0.0583. The monoisotopic (exact) mass is 355 g/mol. The average molecular weight is 355 g/mol. The molecule has 1 aliphatic rings. The number of nitrogens with one attached hydrogen (secondary N) is 1. The van der Waals surface area contributed by atoms with Gasteiger partial charge in [-0.15, -0.1) is 0 Å². The van der Waals surface area contributed by atoms with E-state index in [1.807, 2.05) is 0 Å². The van der Waals surface area contributed by atoms with Crippen molar-refractivity contribution >= 4 is 17.5 Å². The third-order valence-electron chi connectivity index (χ3n) is 4.33. The predicted molar refractivity (Wildman–Crippen MR) is 92.8 cm³/mol. The van der Waals surface area contributed by atoms with Crippen molar-refractivity contribution in [3.63, 3.8) is 0 Å². The van der Waals surface area contributed by atoms with Crippen LogP contribution in [0.4, 0.5) is 4.39 Å². The van der Waals surface area contributed by atoms with E-state index in [2.05, 4.69) is 5.32 Å². The number of rotatable bonds is 3. The SMILES string of the molecule is CC(=O)c1ccc2c(c1)C(NC(=O)c1ccc(F)cc1)C(=O)C(C)(C)O2. The van der Waals surface area contributed by atoms with Gasteiger partial charge in [0.25, 0.3) is 5.91 Å². The number of hydrogen-bond donors (Lipinski definition) is 1. The zero-order valence-electron chi connectivity index (χ0n) is 14.6. The van der Waals surface area contributed by atoms with Gasteiger partial charge in [0.15, 0.2) is 11.4 Å². The molecule has 1 aliphatic heterocycles. The van der Waals surface area contributed by atoms with Crippen LogP contribution in [0.5, 0.6) is 5.75 Å². The van der Waals surface area contributed by atoms with Gasteiger partial charge in [0.05, 0.1) is 0 Å². The zero-order chi connectivity index (χ0) is 19.1. The normalized spacial score (nSPS) is 17.8. The fraction of sp³-hybridized carbons (Fsp3) is 0.250. The lowest BCUT2D eigenvalue weighted by Gasteiger charge is -2.36. The van der Waals surface area contributed by atoms with Gasteiger partial charge in [-0.05, 0) is 63.2 Å². The first-order valence-corrected chi connectivity index (χ1v) is 8.14. The van der Waals surface area contributed by atoms with E-state index in [9.17, 15) is 18.8 Å². The molecule has 1 amide bonds. The summed E-state index contributed by atoms with van der Waals surface area (Å²) in [6.45, 7) is 4.66. The van der Waals surface area contributed by atoms with Gasteiger partial charge >= 0.3 is 0 Å². The van der Waals surface area contributed by atoms with Gasteiger partial charge in [-0.1, -0.05) is 0 Å². The summed E-state index contributed by atoms with van der Waals surface area (Å²) in [5.74, 6) is -1.03. The number of amides is 1. The van der Waals surface area contributed by atoms with Gasteiger partial charge in [0, 0.05) is 16.7 Å². The van der Waals surface area contributed by atoms with Crippen molar-refractivity contribution in [1.29, 1.82) is 0 Å². The Morgan fingerprint density at radius 1 is 1.08 bits per heavy atom. The third-order valence-corrected chi connectivity index (χ3v) is 4.33. The number of Topliss-reactive ketones (excluding diaryl/α,β-unsaturated/α-hetero) is 2. The number of fused-ring (bicyclic) bond motifs is 1. The molecule has 1 atom stereocenters. The van der Waals surface area contributed by atoms with Crippen LogP contribution in [0.15, 0.2) is 42.5 Å². The van der Waals surface area contributed by atoms with Gasteiger partial charge in [-0.2, -0.15) is 0 Å². The molecule has 26 heavy (non-hydrogen) atoms. The number of benzene rings is 2. The Hall–Kier alpha value is -3.02. The van der Waals surface area contributed by atoms with E-state index in [-0.39, 0.29) is 17.1 Å². The van der Waals surface area contributed by atoms with Gasteiger partial charge < -0.3 is 10.1 Å². The molecule has 0 fully saturated rings. The molecule has 2 aromatic rings.